The Balaban J connectivity index is 2.10. The predicted octanol–water partition coefficient (Wildman–Crippen LogP) is 2.09. The number of carboxylic acid groups (broad SMARTS) is 1. The highest BCUT2D eigenvalue weighted by atomic mass is 16.5. The van der Waals surface area contributed by atoms with E-state index < -0.39 is 5.97 Å². The van der Waals surface area contributed by atoms with Crippen molar-refractivity contribution in [1.82, 2.24) is 4.90 Å². The average Bonchev–Trinajstić information content (AvgIpc) is 2.96. The number of carbonyl (C=O) groups excluding carboxylic acids is 1. The van der Waals surface area contributed by atoms with Crippen LogP contribution in [0.15, 0.2) is 24.3 Å². The summed E-state index contributed by atoms with van der Waals surface area (Å²) in [7, 11) is 0. The first-order valence-electron chi connectivity index (χ1n) is 7.26. The molecule has 1 N–H and O–H groups in total. The summed E-state index contributed by atoms with van der Waals surface area (Å²) in [5.74, 6) is -1.02. The first kappa shape index (κ1) is 15.5. The van der Waals surface area contributed by atoms with E-state index in [-0.39, 0.29) is 25.0 Å². The summed E-state index contributed by atoms with van der Waals surface area (Å²) >= 11 is 0. The van der Waals surface area contributed by atoms with Gasteiger partial charge in [-0.05, 0) is 31.4 Å². The minimum atomic E-state index is -0.898. The van der Waals surface area contributed by atoms with Gasteiger partial charge in [0, 0.05) is 25.3 Å². The Kier molecular flexibility index (Phi) is 5.33. The van der Waals surface area contributed by atoms with Crippen molar-refractivity contribution in [3.63, 3.8) is 0 Å². The number of carboxylic acids is 1. The van der Waals surface area contributed by atoms with E-state index in [0.29, 0.717) is 12.1 Å². The number of nitrogens with zero attached hydrogens (tertiary/aromatic N) is 1. The molecule has 1 aliphatic rings. The van der Waals surface area contributed by atoms with E-state index in [9.17, 15) is 9.59 Å². The van der Waals surface area contributed by atoms with Crippen molar-refractivity contribution < 1.29 is 19.4 Å². The monoisotopic (exact) mass is 291 g/mol. The Morgan fingerprint density at radius 1 is 1.38 bits per heavy atom. The highest BCUT2D eigenvalue weighted by molar-refractivity contribution is 5.95. The molecule has 21 heavy (non-hydrogen) atoms. The van der Waals surface area contributed by atoms with Crippen molar-refractivity contribution in [2.45, 2.75) is 32.3 Å². The van der Waals surface area contributed by atoms with Crippen LogP contribution in [0, 0.1) is 6.92 Å². The lowest BCUT2D eigenvalue weighted by molar-refractivity contribution is -0.137. The summed E-state index contributed by atoms with van der Waals surface area (Å²) in [4.78, 5) is 25.0. The molecule has 1 aliphatic heterocycles. The van der Waals surface area contributed by atoms with Crippen molar-refractivity contribution in [2.24, 2.45) is 0 Å². The first-order chi connectivity index (χ1) is 10.1. The van der Waals surface area contributed by atoms with Crippen LogP contribution in [0.5, 0.6) is 0 Å². The zero-order chi connectivity index (χ0) is 15.2. The highest BCUT2D eigenvalue weighted by Crippen LogP contribution is 2.17. The summed E-state index contributed by atoms with van der Waals surface area (Å²) in [5.41, 5.74) is 1.52. The number of rotatable bonds is 6. The molecule has 1 heterocycles. The molecular formula is C16H21NO4. The smallest absolute Gasteiger partial charge is 0.305 e. The van der Waals surface area contributed by atoms with Crippen LogP contribution in [0.3, 0.4) is 0 Å². The summed E-state index contributed by atoms with van der Waals surface area (Å²) < 4.78 is 5.57. The van der Waals surface area contributed by atoms with Gasteiger partial charge < -0.3 is 14.7 Å². The van der Waals surface area contributed by atoms with Crippen molar-refractivity contribution >= 4 is 11.9 Å². The quantitative estimate of drug-likeness (QED) is 0.871. The number of hydrogen-bond acceptors (Lipinski definition) is 3. The second kappa shape index (κ2) is 7.22. The predicted molar refractivity (Wildman–Crippen MR) is 78.3 cm³/mol. The number of amides is 1. The van der Waals surface area contributed by atoms with Crippen molar-refractivity contribution in [2.75, 3.05) is 19.7 Å². The van der Waals surface area contributed by atoms with E-state index in [1.165, 1.54) is 0 Å². The number of carbonyl (C=O) groups is 2. The van der Waals surface area contributed by atoms with E-state index in [1.54, 1.807) is 11.0 Å². The zero-order valence-electron chi connectivity index (χ0n) is 12.2. The Morgan fingerprint density at radius 2 is 2.14 bits per heavy atom. The van der Waals surface area contributed by atoms with Crippen LogP contribution in [0.25, 0.3) is 0 Å². The number of benzene rings is 1. The average molecular weight is 291 g/mol. The van der Waals surface area contributed by atoms with Crippen LogP contribution >= 0.6 is 0 Å². The molecule has 5 heteroatoms. The number of aliphatic carboxylic acids is 1. The molecule has 0 aromatic heterocycles. The molecule has 114 valence electrons. The molecule has 1 atom stereocenters. The molecule has 1 aromatic rings. The van der Waals surface area contributed by atoms with Crippen molar-refractivity contribution in [3.8, 4) is 0 Å². The number of hydrogen-bond donors (Lipinski definition) is 1. The van der Waals surface area contributed by atoms with Gasteiger partial charge in [0.2, 0.25) is 0 Å². The van der Waals surface area contributed by atoms with Gasteiger partial charge in [-0.25, -0.2) is 0 Å². The fourth-order valence-corrected chi connectivity index (χ4v) is 2.52. The van der Waals surface area contributed by atoms with E-state index in [1.807, 2.05) is 25.1 Å². The Hall–Kier alpha value is -1.88. The zero-order valence-corrected chi connectivity index (χ0v) is 12.2. The van der Waals surface area contributed by atoms with Crippen LogP contribution < -0.4 is 0 Å². The van der Waals surface area contributed by atoms with Gasteiger partial charge in [0.15, 0.2) is 0 Å². The van der Waals surface area contributed by atoms with Gasteiger partial charge in [-0.2, -0.15) is 0 Å². The first-order valence-corrected chi connectivity index (χ1v) is 7.26. The summed E-state index contributed by atoms with van der Waals surface area (Å²) in [5, 5.41) is 8.86. The molecule has 1 fully saturated rings. The molecule has 1 amide bonds. The van der Waals surface area contributed by atoms with Crippen LogP contribution in [-0.2, 0) is 9.53 Å². The van der Waals surface area contributed by atoms with Crippen LogP contribution in [0.1, 0.15) is 35.2 Å². The van der Waals surface area contributed by atoms with Crippen molar-refractivity contribution in [1.29, 1.82) is 0 Å². The van der Waals surface area contributed by atoms with E-state index in [4.69, 9.17) is 9.84 Å². The molecule has 0 spiro atoms. The van der Waals surface area contributed by atoms with Gasteiger partial charge >= 0.3 is 5.97 Å². The summed E-state index contributed by atoms with van der Waals surface area (Å²) in [6.45, 7) is 3.27. The van der Waals surface area contributed by atoms with E-state index >= 15 is 0 Å². The fraction of sp³-hybridized carbons (Fsp3) is 0.500. The Morgan fingerprint density at radius 3 is 2.76 bits per heavy atom. The standard InChI is InChI=1S/C16H21NO4/c1-12-5-2-3-7-14(12)16(20)17(9-8-15(18)19)11-13-6-4-10-21-13/h2-3,5,7,13H,4,6,8-11H2,1H3,(H,18,19)/t13-/m0/s1. The minimum Gasteiger partial charge on any atom is -0.481 e. The van der Waals surface area contributed by atoms with Gasteiger partial charge in [0.05, 0.1) is 12.5 Å². The third-order valence-corrected chi connectivity index (χ3v) is 3.71. The topological polar surface area (TPSA) is 66.8 Å². The number of aryl methyl sites for hydroxylation is 1. The molecule has 0 saturated carbocycles. The maximum Gasteiger partial charge on any atom is 0.305 e. The molecule has 0 unspecified atom stereocenters. The lowest BCUT2D eigenvalue weighted by Crippen LogP contribution is -2.39. The Labute approximate surface area is 124 Å². The fourth-order valence-electron chi connectivity index (χ4n) is 2.52. The Bertz CT molecular complexity index is 509. The maximum atomic E-state index is 12.6. The lowest BCUT2D eigenvalue weighted by Gasteiger charge is -2.25. The SMILES string of the molecule is Cc1ccccc1C(=O)N(CCC(=O)O)C[C@@H]1CCCO1. The van der Waals surface area contributed by atoms with E-state index in [0.717, 1.165) is 25.0 Å². The summed E-state index contributed by atoms with van der Waals surface area (Å²) in [6, 6.07) is 7.37. The molecule has 0 radical (unpaired) electrons. The minimum absolute atomic E-state index is 0.0202. The van der Waals surface area contributed by atoms with Crippen LogP contribution in [0.2, 0.25) is 0 Å². The molecule has 2 rings (SSSR count). The van der Waals surface area contributed by atoms with Crippen molar-refractivity contribution in [3.05, 3.63) is 35.4 Å². The van der Waals surface area contributed by atoms with Gasteiger partial charge in [0.1, 0.15) is 0 Å². The molecule has 0 bridgehead atoms. The van der Waals surface area contributed by atoms with Gasteiger partial charge in [0.25, 0.3) is 5.91 Å². The molecule has 1 aromatic carbocycles. The summed E-state index contributed by atoms with van der Waals surface area (Å²) in [6.07, 6.45) is 1.89. The second-order valence-electron chi connectivity index (χ2n) is 5.34. The number of ether oxygens (including phenoxy) is 1. The lowest BCUT2D eigenvalue weighted by atomic mass is 10.1. The largest absolute Gasteiger partial charge is 0.481 e. The maximum absolute atomic E-state index is 12.6. The highest BCUT2D eigenvalue weighted by Gasteiger charge is 2.24. The second-order valence-corrected chi connectivity index (χ2v) is 5.34. The molecule has 5 nitrogen and oxygen atoms in total. The van der Waals surface area contributed by atoms with E-state index in [2.05, 4.69) is 0 Å². The third kappa shape index (κ3) is 4.29. The van der Waals surface area contributed by atoms with Gasteiger partial charge in [-0.3, -0.25) is 9.59 Å². The van der Waals surface area contributed by atoms with Crippen LogP contribution in [0.4, 0.5) is 0 Å². The third-order valence-electron chi connectivity index (χ3n) is 3.71. The molecule has 1 saturated heterocycles. The van der Waals surface area contributed by atoms with Gasteiger partial charge in [-0.1, -0.05) is 18.2 Å². The van der Waals surface area contributed by atoms with Gasteiger partial charge in [-0.15, -0.1) is 0 Å². The normalized spacial score (nSPS) is 17.7. The van der Waals surface area contributed by atoms with Crippen LogP contribution in [-0.4, -0.2) is 47.7 Å². The molecule has 0 aliphatic carbocycles. The molecular weight excluding hydrogens is 270 g/mol.